The minimum atomic E-state index is -3.85. The minimum absolute atomic E-state index is 0.0113. The van der Waals surface area contributed by atoms with E-state index in [9.17, 15) is 8.42 Å². The summed E-state index contributed by atoms with van der Waals surface area (Å²) in [6.45, 7) is 4.19. The van der Waals surface area contributed by atoms with Gasteiger partial charge in [-0.1, -0.05) is 18.2 Å². The molecule has 0 aliphatic rings. The number of imidazole rings is 1. The van der Waals surface area contributed by atoms with Crippen molar-refractivity contribution in [3.05, 3.63) is 72.2 Å². The van der Waals surface area contributed by atoms with Gasteiger partial charge < -0.3 is 14.2 Å². The molecule has 0 fully saturated rings. The van der Waals surface area contributed by atoms with Crippen molar-refractivity contribution in [1.82, 2.24) is 29.5 Å². The number of benzene rings is 1. The highest BCUT2D eigenvalue weighted by molar-refractivity contribution is 7.91. The first-order chi connectivity index (χ1) is 19.3. The van der Waals surface area contributed by atoms with Crippen LogP contribution >= 0.6 is 0 Å². The number of fused-ring (bicyclic) bond motifs is 1. The number of hydrogen-bond donors (Lipinski definition) is 1. The van der Waals surface area contributed by atoms with Crippen molar-refractivity contribution < 1.29 is 22.6 Å². The van der Waals surface area contributed by atoms with E-state index >= 15 is 0 Å². The van der Waals surface area contributed by atoms with E-state index in [4.69, 9.17) is 19.2 Å². The average molecular weight is 562 g/mol. The zero-order chi connectivity index (χ0) is 28.3. The van der Waals surface area contributed by atoms with E-state index in [0.29, 0.717) is 46.9 Å². The Bertz CT molecular complexity index is 1750. The van der Waals surface area contributed by atoms with Crippen molar-refractivity contribution in [2.45, 2.75) is 19.6 Å². The molecule has 0 amide bonds. The largest absolute Gasteiger partial charge is 0.494 e. The molecule has 13 heteroatoms. The van der Waals surface area contributed by atoms with Gasteiger partial charge in [-0.15, -0.1) is 0 Å². The summed E-state index contributed by atoms with van der Waals surface area (Å²) in [6, 6.07) is 14.1. The van der Waals surface area contributed by atoms with Crippen molar-refractivity contribution in [3.63, 3.8) is 0 Å². The fourth-order valence-corrected chi connectivity index (χ4v) is 5.13. The fraction of sp³-hybridized carbons (Fsp3) is 0.222. The smallest absolute Gasteiger partial charge is 0.239 e. The van der Waals surface area contributed by atoms with Crippen molar-refractivity contribution in [2.75, 3.05) is 25.5 Å². The number of pyridine rings is 2. The second-order valence-corrected chi connectivity index (χ2v) is 10.4. The first-order valence-corrected chi connectivity index (χ1v) is 14.0. The van der Waals surface area contributed by atoms with Crippen LogP contribution in [0, 0.1) is 6.92 Å². The van der Waals surface area contributed by atoms with E-state index in [0.717, 1.165) is 5.56 Å². The fourth-order valence-electron chi connectivity index (χ4n) is 4.08. The molecule has 1 aromatic carbocycles. The number of methoxy groups -OCH3 is 2. The number of aromatic nitrogens is 6. The second kappa shape index (κ2) is 11.1. The molecule has 0 saturated carbocycles. The quantitative estimate of drug-likeness (QED) is 0.266. The molecule has 0 unspecified atom stereocenters. The zero-order valence-electron chi connectivity index (χ0n) is 22.3. The van der Waals surface area contributed by atoms with Crippen LogP contribution in [0.25, 0.3) is 28.5 Å². The lowest BCUT2D eigenvalue weighted by Crippen LogP contribution is -2.17. The van der Waals surface area contributed by atoms with Crippen LogP contribution in [-0.2, 0) is 15.8 Å². The highest BCUT2D eigenvalue weighted by Gasteiger charge is 2.24. The zero-order valence-corrected chi connectivity index (χ0v) is 23.1. The monoisotopic (exact) mass is 561 g/mol. The van der Waals surface area contributed by atoms with Gasteiger partial charge >= 0.3 is 0 Å². The predicted octanol–water partition coefficient (Wildman–Crippen LogP) is 3.94. The van der Waals surface area contributed by atoms with Gasteiger partial charge in [-0.05, 0) is 43.7 Å². The standard InChI is InChI=1S/C27H27N7O5S/c1-5-39-23-11-6-8-19(30-23)26-32-25-27(34(26)24-20(37-3)9-7-10-21(24)38-4)31-22(15-29-25)33-40(35,36)16-18-13-12-17(2)14-28-18/h6-15H,5,16H2,1-4H3,(H,31,33). The molecule has 0 aliphatic carbocycles. The lowest BCUT2D eigenvalue weighted by atomic mass is 10.2. The first-order valence-electron chi connectivity index (χ1n) is 12.3. The summed E-state index contributed by atoms with van der Waals surface area (Å²) in [6.07, 6.45) is 2.93. The van der Waals surface area contributed by atoms with E-state index in [2.05, 4.69) is 24.7 Å². The predicted molar refractivity (Wildman–Crippen MR) is 149 cm³/mol. The van der Waals surface area contributed by atoms with E-state index in [1.165, 1.54) is 20.4 Å². The van der Waals surface area contributed by atoms with Gasteiger partial charge in [0.15, 0.2) is 22.9 Å². The summed E-state index contributed by atoms with van der Waals surface area (Å²) in [4.78, 5) is 22.5. The molecule has 0 spiro atoms. The Labute approximate surface area is 231 Å². The summed E-state index contributed by atoms with van der Waals surface area (Å²) >= 11 is 0. The molecule has 4 aromatic heterocycles. The molecular formula is C27H27N7O5S. The van der Waals surface area contributed by atoms with E-state index in [1.54, 1.807) is 59.3 Å². The molecule has 0 radical (unpaired) electrons. The summed E-state index contributed by atoms with van der Waals surface area (Å²) in [5.41, 5.74) is 2.82. The van der Waals surface area contributed by atoms with Gasteiger partial charge in [-0.2, -0.15) is 0 Å². The Balaban J connectivity index is 1.66. The summed E-state index contributed by atoms with van der Waals surface area (Å²) in [5.74, 6) is 1.43. The Morgan fingerprint density at radius 2 is 1.65 bits per heavy atom. The Morgan fingerprint density at radius 3 is 2.33 bits per heavy atom. The molecule has 0 aliphatic heterocycles. The maximum Gasteiger partial charge on any atom is 0.239 e. The van der Waals surface area contributed by atoms with Crippen molar-refractivity contribution >= 4 is 27.1 Å². The number of sulfonamides is 1. The van der Waals surface area contributed by atoms with Crippen LogP contribution in [-0.4, -0.2) is 58.7 Å². The van der Waals surface area contributed by atoms with Crippen LogP contribution in [0.1, 0.15) is 18.2 Å². The van der Waals surface area contributed by atoms with Gasteiger partial charge in [0.2, 0.25) is 15.9 Å². The molecule has 1 N–H and O–H groups in total. The van der Waals surface area contributed by atoms with Crippen LogP contribution in [0.4, 0.5) is 5.82 Å². The Kier molecular flexibility index (Phi) is 7.47. The Morgan fingerprint density at radius 1 is 0.900 bits per heavy atom. The number of aryl methyl sites for hydroxylation is 1. The molecule has 5 aromatic rings. The van der Waals surface area contributed by atoms with Crippen LogP contribution < -0.4 is 18.9 Å². The molecular weight excluding hydrogens is 534 g/mol. The molecule has 0 bridgehead atoms. The lowest BCUT2D eigenvalue weighted by Gasteiger charge is -2.16. The highest BCUT2D eigenvalue weighted by atomic mass is 32.2. The number of ether oxygens (including phenoxy) is 3. The number of nitrogens with one attached hydrogen (secondary N) is 1. The van der Waals surface area contributed by atoms with E-state index in [1.807, 2.05) is 13.8 Å². The van der Waals surface area contributed by atoms with Gasteiger partial charge in [0.1, 0.15) is 28.6 Å². The van der Waals surface area contributed by atoms with Crippen LogP contribution in [0.2, 0.25) is 0 Å². The number of anilines is 1. The number of hydrogen-bond acceptors (Lipinski definition) is 10. The number of para-hydroxylation sites is 1. The van der Waals surface area contributed by atoms with E-state index in [-0.39, 0.29) is 22.9 Å². The van der Waals surface area contributed by atoms with Crippen molar-refractivity contribution in [3.8, 4) is 34.6 Å². The van der Waals surface area contributed by atoms with Gasteiger partial charge in [0.05, 0.1) is 32.7 Å². The molecule has 0 saturated heterocycles. The van der Waals surface area contributed by atoms with Crippen LogP contribution in [0.3, 0.4) is 0 Å². The number of nitrogens with zero attached hydrogens (tertiary/aromatic N) is 6. The lowest BCUT2D eigenvalue weighted by molar-refractivity contribution is 0.327. The van der Waals surface area contributed by atoms with E-state index < -0.39 is 10.0 Å². The van der Waals surface area contributed by atoms with Crippen LogP contribution in [0.5, 0.6) is 17.4 Å². The second-order valence-electron chi connectivity index (χ2n) is 8.67. The van der Waals surface area contributed by atoms with Gasteiger partial charge in [-0.25, -0.2) is 28.4 Å². The topological polar surface area (TPSA) is 143 Å². The van der Waals surface area contributed by atoms with Crippen LogP contribution in [0.15, 0.2) is 60.9 Å². The van der Waals surface area contributed by atoms with Gasteiger partial charge in [0.25, 0.3) is 0 Å². The Hall–Kier alpha value is -4.78. The molecule has 40 heavy (non-hydrogen) atoms. The van der Waals surface area contributed by atoms with Gasteiger partial charge in [0, 0.05) is 12.3 Å². The molecule has 0 atom stereocenters. The minimum Gasteiger partial charge on any atom is -0.494 e. The summed E-state index contributed by atoms with van der Waals surface area (Å²) in [5, 5.41) is 0. The number of rotatable bonds is 10. The van der Waals surface area contributed by atoms with Crippen molar-refractivity contribution in [2.24, 2.45) is 0 Å². The third-order valence-corrected chi connectivity index (χ3v) is 7.01. The molecule has 5 rings (SSSR count). The normalized spacial score (nSPS) is 11.4. The molecule has 12 nitrogen and oxygen atoms in total. The summed E-state index contributed by atoms with van der Waals surface area (Å²) in [7, 11) is -0.778. The highest BCUT2D eigenvalue weighted by Crippen LogP contribution is 2.38. The maximum atomic E-state index is 13.0. The van der Waals surface area contributed by atoms with Crippen molar-refractivity contribution in [1.29, 1.82) is 0 Å². The SMILES string of the molecule is CCOc1cccc(-c2nc3ncc(NS(=O)(=O)Cc4ccc(C)cn4)nc3n2-c2c(OC)cccc2OC)n1. The third kappa shape index (κ3) is 5.50. The molecule has 206 valence electrons. The van der Waals surface area contributed by atoms with Gasteiger partial charge in [-0.3, -0.25) is 14.3 Å². The first kappa shape index (κ1) is 26.8. The maximum absolute atomic E-state index is 13.0. The third-order valence-electron chi connectivity index (χ3n) is 5.81. The average Bonchev–Trinajstić information content (AvgIpc) is 3.32. The summed E-state index contributed by atoms with van der Waals surface area (Å²) < 4.78 is 47.0. The molecule has 4 heterocycles.